The normalized spacial score (nSPS) is 10.6. The van der Waals surface area contributed by atoms with Gasteiger partial charge in [0.15, 0.2) is 11.5 Å². The van der Waals surface area contributed by atoms with Gasteiger partial charge >= 0.3 is 0 Å². The van der Waals surface area contributed by atoms with E-state index in [9.17, 15) is 0 Å². The maximum atomic E-state index is 5.81. The van der Waals surface area contributed by atoms with E-state index in [2.05, 4.69) is 31.3 Å². The van der Waals surface area contributed by atoms with E-state index in [1.54, 1.807) is 7.11 Å². The summed E-state index contributed by atoms with van der Waals surface area (Å²) in [7, 11) is 1.70. The number of unbranched alkanes of at least 4 members (excludes halogenated alkanes) is 3. The number of benzene rings is 1. The van der Waals surface area contributed by atoms with Gasteiger partial charge in [0.2, 0.25) is 0 Å². The average Bonchev–Trinajstić information content (AvgIpc) is 2.48. The molecule has 3 nitrogen and oxygen atoms in total. The van der Waals surface area contributed by atoms with Crippen LogP contribution in [0.4, 0.5) is 0 Å². The van der Waals surface area contributed by atoms with Crippen molar-refractivity contribution in [2.24, 2.45) is 0 Å². The van der Waals surface area contributed by atoms with Crippen LogP contribution in [0.5, 0.6) is 11.5 Å². The molecule has 0 aliphatic rings. The van der Waals surface area contributed by atoms with Gasteiger partial charge in [-0.1, -0.05) is 39.2 Å². The van der Waals surface area contributed by atoms with Crippen LogP contribution < -0.4 is 14.8 Å². The highest BCUT2D eigenvalue weighted by molar-refractivity contribution is 5.42. The Labute approximate surface area is 123 Å². The lowest BCUT2D eigenvalue weighted by Gasteiger charge is -2.12. The van der Waals surface area contributed by atoms with E-state index in [1.807, 2.05) is 6.07 Å². The Morgan fingerprint density at radius 3 is 2.55 bits per heavy atom. The summed E-state index contributed by atoms with van der Waals surface area (Å²) in [5.74, 6) is 1.68. The van der Waals surface area contributed by atoms with E-state index in [0.717, 1.165) is 44.0 Å². The molecule has 0 fully saturated rings. The fourth-order valence-electron chi connectivity index (χ4n) is 2.06. The molecule has 0 aromatic heterocycles. The molecule has 0 aliphatic heterocycles. The van der Waals surface area contributed by atoms with Gasteiger partial charge in [0, 0.05) is 6.54 Å². The topological polar surface area (TPSA) is 30.5 Å². The van der Waals surface area contributed by atoms with Crippen molar-refractivity contribution in [3.63, 3.8) is 0 Å². The second-order valence-corrected chi connectivity index (χ2v) is 5.07. The van der Waals surface area contributed by atoms with Gasteiger partial charge in [-0.25, -0.2) is 0 Å². The molecule has 0 unspecified atom stereocenters. The van der Waals surface area contributed by atoms with E-state index in [0.29, 0.717) is 0 Å². The van der Waals surface area contributed by atoms with Crippen LogP contribution in [-0.4, -0.2) is 20.3 Å². The molecule has 0 heterocycles. The number of nitrogens with one attached hydrogen (secondary N) is 1. The molecular formula is C17H29NO2. The molecular weight excluding hydrogens is 250 g/mol. The number of methoxy groups -OCH3 is 1. The Balaban J connectivity index is 2.45. The highest BCUT2D eigenvalue weighted by atomic mass is 16.5. The zero-order valence-corrected chi connectivity index (χ0v) is 13.2. The minimum Gasteiger partial charge on any atom is -0.493 e. The van der Waals surface area contributed by atoms with Gasteiger partial charge < -0.3 is 14.8 Å². The number of ether oxygens (including phenoxy) is 2. The quantitative estimate of drug-likeness (QED) is 0.617. The molecule has 0 saturated carbocycles. The second kappa shape index (κ2) is 10.6. The van der Waals surface area contributed by atoms with Crippen LogP contribution in [-0.2, 0) is 6.54 Å². The molecule has 1 aromatic carbocycles. The number of hydrogen-bond acceptors (Lipinski definition) is 3. The zero-order valence-electron chi connectivity index (χ0n) is 13.2. The lowest BCUT2D eigenvalue weighted by Crippen LogP contribution is -2.13. The highest BCUT2D eigenvalue weighted by Gasteiger charge is 2.05. The summed E-state index contributed by atoms with van der Waals surface area (Å²) in [4.78, 5) is 0. The summed E-state index contributed by atoms with van der Waals surface area (Å²) in [6.07, 6.45) is 6.02. The van der Waals surface area contributed by atoms with Gasteiger partial charge in [-0.2, -0.15) is 0 Å². The first-order chi connectivity index (χ1) is 9.81. The van der Waals surface area contributed by atoms with Crippen molar-refractivity contribution in [1.82, 2.24) is 5.32 Å². The Morgan fingerprint density at radius 2 is 1.85 bits per heavy atom. The first kappa shape index (κ1) is 16.8. The molecule has 0 atom stereocenters. The predicted octanol–water partition coefficient (Wildman–Crippen LogP) is 4.15. The molecule has 20 heavy (non-hydrogen) atoms. The van der Waals surface area contributed by atoms with Gasteiger partial charge in [0.1, 0.15) is 0 Å². The minimum atomic E-state index is 0.768. The third kappa shape index (κ3) is 6.29. The van der Waals surface area contributed by atoms with Gasteiger partial charge in [-0.15, -0.1) is 0 Å². The lowest BCUT2D eigenvalue weighted by atomic mass is 10.2. The minimum absolute atomic E-state index is 0.768. The van der Waals surface area contributed by atoms with E-state index in [1.165, 1.54) is 24.8 Å². The fraction of sp³-hybridized carbons (Fsp3) is 0.647. The van der Waals surface area contributed by atoms with Crippen molar-refractivity contribution < 1.29 is 9.47 Å². The van der Waals surface area contributed by atoms with Crippen molar-refractivity contribution in [2.75, 3.05) is 20.3 Å². The first-order valence-corrected chi connectivity index (χ1v) is 7.82. The van der Waals surface area contributed by atoms with Crippen molar-refractivity contribution in [3.8, 4) is 11.5 Å². The molecule has 3 heteroatoms. The second-order valence-electron chi connectivity index (χ2n) is 5.07. The van der Waals surface area contributed by atoms with Crippen molar-refractivity contribution in [3.05, 3.63) is 23.8 Å². The van der Waals surface area contributed by atoms with Gasteiger partial charge in [0.05, 0.1) is 13.7 Å². The molecule has 0 bridgehead atoms. The van der Waals surface area contributed by atoms with E-state index in [-0.39, 0.29) is 0 Å². The van der Waals surface area contributed by atoms with E-state index >= 15 is 0 Å². The van der Waals surface area contributed by atoms with Crippen LogP contribution in [0.1, 0.15) is 51.5 Å². The average molecular weight is 279 g/mol. The lowest BCUT2D eigenvalue weighted by molar-refractivity contribution is 0.285. The summed E-state index contributed by atoms with van der Waals surface area (Å²) in [6, 6.07) is 6.18. The first-order valence-electron chi connectivity index (χ1n) is 7.82. The maximum Gasteiger partial charge on any atom is 0.161 e. The highest BCUT2D eigenvalue weighted by Crippen LogP contribution is 2.28. The molecule has 0 saturated heterocycles. The van der Waals surface area contributed by atoms with Gasteiger partial charge in [-0.3, -0.25) is 0 Å². The monoisotopic (exact) mass is 279 g/mol. The van der Waals surface area contributed by atoms with Gasteiger partial charge in [-0.05, 0) is 37.1 Å². The zero-order chi connectivity index (χ0) is 14.6. The van der Waals surface area contributed by atoms with Crippen molar-refractivity contribution in [1.29, 1.82) is 0 Å². The van der Waals surface area contributed by atoms with Crippen molar-refractivity contribution in [2.45, 2.75) is 52.5 Å². The van der Waals surface area contributed by atoms with Crippen molar-refractivity contribution >= 4 is 0 Å². The third-order valence-corrected chi connectivity index (χ3v) is 3.24. The molecule has 0 spiro atoms. The molecule has 1 aromatic rings. The molecule has 114 valence electrons. The van der Waals surface area contributed by atoms with Crippen LogP contribution in [0.3, 0.4) is 0 Å². The summed E-state index contributed by atoms with van der Waals surface area (Å²) in [5, 5.41) is 3.39. The smallest absolute Gasteiger partial charge is 0.161 e. The van der Waals surface area contributed by atoms with Crippen LogP contribution in [0.25, 0.3) is 0 Å². The Morgan fingerprint density at radius 1 is 1.00 bits per heavy atom. The van der Waals surface area contributed by atoms with Gasteiger partial charge in [0.25, 0.3) is 0 Å². The molecule has 1 rings (SSSR count). The summed E-state index contributed by atoms with van der Waals surface area (Å²) < 4.78 is 11.2. The van der Waals surface area contributed by atoms with E-state index in [4.69, 9.17) is 9.47 Å². The maximum absolute atomic E-state index is 5.81. The SMILES string of the molecule is CCCCCCOc1ccc(CNCCC)cc1OC. The third-order valence-electron chi connectivity index (χ3n) is 3.24. The Bertz CT molecular complexity index is 366. The van der Waals surface area contributed by atoms with Crippen LogP contribution in [0.2, 0.25) is 0 Å². The Kier molecular flexibility index (Phi) is 8.88. The summed E-state index contributed by atoms with van der Waals surface area (Å²) in [5.41, 5.74) is 1.23. The summed E-state index contributed by atoms with van der Waals surface area (Å²) >= 11 is 0. The largest absolute Gasteiger partial charge is 0.493 e. The van der Waals surface area contributed by atoms with Crippen LogP contribution in [0, 0.1) is 0 Å². The van der Waals surface area contributed by atoms with E-state index < -0.39 is 0 Å². The number of rotatable bonds is 11. The summed E-state index contributed by atoms with van der Waals surface area (Å²) in [6.45, 7) is 7.07. The molecule has 0 radical (unpaired) electrons. The van der Waals surface area contributed by atoms with Crippen LogP contribution in [0.15, 0.2) is 18.2 Å². The molecule has 1 N–H and O–H groups in total. The predicted molar refractivity (Wildman–Crippen MR) is 84.6 cm³/mol. The van der Waals surface area contributed by atoms with Crippen LogP contribution >= 0.6 is 0 Å². The standard InChI is InChI=1S/C17H29NO2/c1-4-6-7-8-12-20-16-10-9-15(13-17(16)19-3)14-18-11-5-2/h9-10,13,18H,4-8,11-12,14H2,1-3H3. The molecule has 0 aliphatic carbocycles. The molecule has 0 amide bonds. The fourth-order valence-corrected chi connectivity index (χ4v) is 2.06. The number of hydrogen-bond donors (Lipinski definition) is 1. The Hall–Kier alpha value is -1.22.